The van der Waals surface area contributed by atoms with Crippen molar-refractivity contribution >= 4 is 40.6 Å². The third-order valence-corrected chi connectivity index (χ3v) is 16.2. The average molecular weight is 931 g/mol. The van der Waals surface area contributed by atoms with Crippen LogP contribution in [-0.2, 0) is 5.41 Å². The molecule has 0 saturated heterocycles. The van der Waals surface area contributed by atoms with E-state index >= 15 is 0 Å². The van der Waals surface area contributed by atoms with Crippen molar-refractivity contribution in [3.05, 3.63) is 253 Å². The second kappa shape index (κ2) is 16.4. The van der Waals surface area contributed by atoms with Gasteiger partial charge in [0, 0.05) is 48.8 Å². The zero-order valence-electron chi connectivity index (χ0n) is 37.4. The number of rotatable bonds is 6. The smallest absolute Gasteiger partial charge is 0.164 e. The van der Waals surface area contributed by atoms with E-state index in [1.165, 1.54) is 47.5 Å². The highest BCUT2D eigenvalue weighted by atomic mass is 32.2. The van der Waals surface area contributed by atoms with Crippen molar-refractivity contribution in [3.8, 4) is 67.9 Å². The van der Waals surface area contributed by atoms with Crippen LogP contribution in [0.3, 0.4) is 0 Å². The van der Waals surface area contributed by atoms with Crippen LogP contribution in [0.1, 0.15) is 22.3 Å². The molecule has 328 valence electrons. The molecule has 1 unspecified atom stereocenters. The predicted molar refractivity (Wildman–Crippen MR) is 283 cm³/mol. The van der Waals surface area contributed by atoms with Crippen LogP contribution in [0, 0.1) is 0 Å². The monoisotopic (exact) mass is 930 g/mol. The number of anilines is 3. The van der Waals surface area contributed by atoms with Crippen LogP contribution in [0.15, 0.2) is 250 Å². The lowest BCUT2D eigenvalue weighted by molar-refractivity contribution is 0.711. The lowest BCUT2D eigenvalue weighted by Crippen LogP contribution is -2.32. The molecule has 0 bridgehead atoms. The molecule has 5 heterocycles. The predicted octanol–water partition coefficient (Wildman–Crippen LogP) is 15.8. The second-order valence-corrected chi connectivity index (χ2v) is 19.6. The molecule has 1 atom stereocenters. The van der Waals surface area contributed by atoms with Crippen molar-refractivity contribution in [1.29, 1.82) is 0 Å². The Bertz CT molecular complexity index is 3810. The third kappa shape index (κ3) is 6.34. The molecule has 1 aliphatic carbocycles. The molecule has 3 aromatic heterocycles. The van der Waals surface area contributed by atoms with Gasteiger partial charge in [-0.3, -0.25) is 4.98 Å². The van der Waals surface area contributed by atoms with E-state index in [1.54, 1.807) is 0 Å². The highest BCUT2D eigenvalue weighted by Gasteiger charge is 2.52. The van der Waals surface area contributed by atoms with Gasteiger partial charge in [-0.05, 0) is 81.9 Å². The Morgan fingerprint density at radius 2 is 0.943 bits per heavy atom. The van der Waals surface area contributed by atoms with Gasteiger partial charge in [0.25, 0.3) is 0 Å². The molecule has 1 spiro atoms. The van der Waals surface area contributed by atoms with E-state index in [2.05, 4.69) is 163 Å². The van der Waals surface area contributed by atoms with Crippen LogP contribution < -0.4 is 4.90 Å². The minimum absolute atomic E-state index is 0.581. The summed E-state index contributed by atoms with van der Waals surface area (Å²) < 4.78 is 0. The van der Waals surface area contributed by atoms with E-state index in [1.807, 2.05) is 96.5 Å². The fraction of sp³-hybridized carbons (Fsp3) is 0.0161. The standard InChI is InChI=1S/C62H38N6S2/c1-4-18-39(19-5-1)42-24-16-25-43(38-42)68-51-30-13-15-32-54(51)70-58-52(68)36-34-49-57(58)69-53-31-14-12-28-46(53)62(49)47-29-17-37-63-55(47)56-48(62)33-35-50(64-56)44-26-10-11-27-45(44)61-66-59(40-20-6-2-7-21-40)65-60(67-61)41-22-8-3-9-23-41/h1-38H. The summed E-state index contributed by atoms with van der Waals surface area (Å²) in [6.45, 7) is 0. The zero-order chi connectivity index (χ0) is 46.2. The number of aromatic nitrogens is 5. The zero-order valence-corrected chi connectivity index (χ0v) is 39.1. The highest BCUT2D eigenvalue weighted by molar-refractivity contribution is 8.02. The SMILES string of the molecule is c1ccc(-c2cccc(N3c4ccccc4Sc4c3ccc3c4Sc4ccccc4C34c3cccnc3-c3nc(-c5ccccc5-c5nc(-c6ccccc6)nc(-c6ccccc6)n5)ccc34)c2)cc1. The molecule has 2 aliphatic heterocycles. The summed E-state index contributed by atoms with van der Waals surface area (Å²) in [5.41, 5.74) is 16.0. The first kappa shape index (κ1) is 40.6. The average Bonchev–Trinajstić information content (AvgIpc) is 3.72. The molecule has 6 nitrogen and oxygen atoms in total. The van der Waals surface area contributed by atoms with Gasteiger partial charge in [0.05, 0.1) is 38.8 Å². The van der Waals surface area contributed by atoms with Crippen molar-refractivity contribution < 1.29 is 0 Å². The summed E-state index contributed by atoms with van der Waals surface area (Å²) in [5, 5.41) is 0. The number of pyridine rings is 2. The second-order valence-electron chi connectivity index (χ2n) is 17.5. The number of benzene rings is 8. The Morgan fingerprint density at radius 3 is 1.71 bits per heavy atom. The van der Waals surface area contributed by atoms with Gasteiger partial charge in [0.2, 0.25) is 0 Å². The lowest BCUT2D eigenvalue weighted by Gasteiger charge is -2.42. The van der Waals surface area contributed by atoms with E-state index in [0.29, 0.717) is 17.5 Å². The summed E-state index contributed by atoms with van der Waals surface area (Å²) in [6, 6.07) is 79.3. The Morgan fingerprint density at radius 1 is 0.357 bits per heavy atom. The first-order chi connectivity index (χ1) is 34.7. The van der Waals surface area contributed by atoms with Gasteiger partial charge in [0.1, 0.15) is 0 Å². The molecular formula is C62H38N6S2. The molecule has 0 amide bonds. The first-order valence-corrected chi connectivity index (χ1v) is 25.0. The van der Waals surface area contributed by atoms with Crippen molar-refractivity contribution in [3.63, 3.8) is 0 Å². The Kier molecular flexibility index (Phi) is 9.50. The van der Waals surface area contributed by atoms with Gasteiger partial charge in [0.15, 0.2) is 17.5 Å². The highest BCUT2D eigenvalue weighted by Crippen LogP contribution is 2.65. The van der Waals surface area contributed by atoms with Gasteiger partial charge >= 0.3 is 0 Å². The molecule has 0 radical (unpaired) electrons. The fourth-order valence-electron chi connectivity index (χ4n) is 10.6. The topological polar surface area (TPSA) is 67.7 Å². The van der Waals surface area contributed by atoms with Gasteiger partial charge in [-0.2, -0.15) is 0 Å². The number of hydrogen-bond donors (Lipinski definition) is 0. The molecular weight excluding hydrogens is 893 g/mol. The van der Waals surface area contributed by atoms with Crippen molar-refractivity contribution in [1.82, 2.24) is 24.9 Å². The molecule has 8 aromatic carbocycles. The molecule has 0 N–H and O–H groups in total. The van der Waals surface area contributed by atoms with Crippen LogP contribution >= 0.6 is 23.5 Å². The Balaban J connectivity index is 0.954. The maximum atomic E-state index is 5.66. The van der Waals surface area contributed by atoms with Crippen molar-refractivity contribution in [2.24, 2.45) is 0 Å². The van der Waals surface area contributed by atoms with Crippen molar-refractivity contribution in [2.45, 2.75) is 25.0 Å². The fourth-order valence-corrected chi connectivity index (χ4v) is 13.2. The number of hydrogen-bond acceptors (Lipinski definition) is 8. The van der Waals surface area contributed by atoms with E-state index in [0.717, 1.165) is 61.8 Å². The van der Waals surface area contributed by atoms with Crippen molar-refractivity contribution in [2.75, 3.05) is 4.90 Å². The quantitative estimate of drug-likeness (QED) is 0.163. The largest absolute Gasteiger partial charge is 0.308 e. The molecule has 3 aliphatic rings. The molecule has 8 heteroatoms. The molecule has 0 fully saturated rings. The van der Waals surface area contributed by atoms with Crippen LogP contribution in [0.4, 0.5) is 17.1 Å². The van der Waals surface area contributed by atoms with Crippen LogP contribution in [-0.4, -0.2) is 24.9 Å². The molecule has 0 saturated carbocycles. The van der Waals surface area contributed by atoms with Gasteiger partial charge in [-0.1, -0.05) is 199 Å². The summed E-state index contributed by atoms with van der Waals surface area (Å²) >= 11 is 3.73. The number of fused-ring (bicyclic) bond motifs is 12. The number of para-hydroxylation sites is 1. The van der Waals surface area contributed by atoms with E-state index in [9.17, 15) is 0 Å². The van der Waals surface area contributed by atoms with E-state index < -0.39 is 5.41 Å². The minimum atomic E-state index is -0.685. The van der Waals surface area contributed by atoms with E-state index in [-0.39, 0.29) is 0 Å². The molecule has 70 heavy (non-hydrogen) atoms. The maximum Gasteiger partial charge on any atom is 0.164 e. The third-order valence-electron chi connectivity index (χ3n) is 13.6. The van der Waals surface area contributed by atoms with Gasteiger partial charge < -0.3 is 4.90 Å². The summed E-state index contributed by atoms with van der Waals surface area (Å²) in [4.78, 5) is 33.5. The first-order valence-electron chi connectivity index (χ1n) is 23.3. The summed E-state index contributed by atoms with van der Waals surface area (Å²) in [7, 11) is 0. The van der Waals surface area contributed by atoms with E-state index in [4.69, 9.17) is 24.9 Å². The number of nitrogens with zero attached hydrogens (tertiary/aromatic N) is 6. The van der Waals surface area contributed by atoms with Crippen LogP contribution in [0.25, 0.3) is 67.9 Å². The Labute approximate surface area is 413 Å². The Hall–Kier alpha value is -8.43. The van der Waals surface area contributed by atoms with Crippen LogP contribution in [0.5, 0.6) is 0 Å². The molecule has 11 aromatic rings. The summed E-state index contributed by atoms with van der Waals surface area (Å²) in [5.74, 6) is 1.81. The minimum Gasteiger partial charge on any atom is -0.308 e. The summed E-state index contributed by atoms with van der Waals surface area (Å²) in [6.07, 6.45) is 1.90. The molecule has 14 rings (SSSR count). The normalized spacial score (nSPS) is 14.8. The maximum absolute atomic E-state index is 5.66. The lowest BCUT2D eigenvalue weighted by atomic mass is 9.67. The van der Waals surface area contributed by atoms with Gasteiger partial charge in [-0.25, -0.2) is 19.9 Å². The van der Waals surface area contributed by atoms with Gasteiger partial charge in [-0.15, -0.1) is 0 Å². The van der Waals surface area contributed by atoms with Crippen LogP contribution in [0.2, 0.25) is 0 Å².